The van der Waals surface area contributed by atoms with Gasteiger partial charge in [-0.05, 0) is 30.2 Å². The Morgan fingerprint density at radius 3 is 2.05 bits per heavy atom. The quantitative estimate of drug-likeness (QED) is 0.788. The number of nitrogens with one attached hydrogen (secondary N) is 1. The van der Waals surface area contributed by atoms with Gasteiger partial charge in [-0.15, -0.1) is 0 Å². The van der Waals surface area contributed by atoms with E-state index in [2.05, 4.69) is 11.4 Å². The molecule has 1 atom stereocenters. The minimum atomic E-state index is -5.62. The van der Waals surface area contributed by atoms with Gasteiger partial charge in [0.15, 0.2) is 0 Å². The number of halogens is 5. The summed E-state index contributed by atoms with van der Waals surface area (Å²) < 4.78 is 65.6. The molecule has 1 unspecified atom stereocenters. The molecule has 1 radical (unpaired) electrons. The minimum absolute atomic E-state index is 0.184. The molecule has 0 fully saturated rings. The monoisotopic (exact) mass is 314 g/mol. The lowest BCUT2D eigenvalue weighted by molar-refractivity contribution is -0.287. The maximum absolute atomic E-state index is 13.8. The van der Waals surface area contributed by atoms with E-state index >= 15 is 0 Å². The van der Waals surface area contributed by atoms with E-state index in [0.717, 1.165) is 0 Å². The highest BCUT2D eigenvalue weighted by molar-refractivity contribution is 5.44. The first-order valence-electron chi connectivity index (χ1n) is 6.52. The zero-order valence-electron chi connectivity index (χ0n) is 11.4. The van der Waals surface area contributed by atoms with Crippen molar-refractivity contribution in [2.24, 2.45) is 0 Å². The molecule has 1 N–H and O–H groups in total. The predicted octanol–water partition coefficient (Wildman–Crippen LogP) is 4.71. The Kier molecular flexibility index (Phi) is 4.68. The van der Waals surface area contributed by atoms with Gasteiger partial charge in [0.1, 0.15) is 6.04 Å². The van der Waals surface area contributed by atoms with Gasteiger partial charge in [-0.3, -0.25) is 0 Å². The molecule has 0 bridgehead atoms. The molecule has 117 valence electrons. The van der Waals surface area contributed by atoms with Crippen LogP contribution in [0, 0.1) is 6.07 Å². The number of alkyl halides is 5. The topological polar surface area (TPSA) is 12.0 Å². The van der Waals surface area contributed by atoms with E-state index in [1.54, 1.807) is 18.2 Å². The van der Waals surface area contributed by atoms with Crippen LogP contribution in [0.2, 0.25) is 0 Å². The van der Waals surface area contributed by atoms with Gasteiger partial charge in [0.25, 0.3) is 0 Å². The molecular weight excluding hydrogens is 301 g/mol. The third-order valence-corrected chi connectivity index (χ3v) is 3.16. The molecule has 0 amide bonds. The highest BCUT2D eigenvalue weighted by Gasteiger charge is 2.62. The molecule has 0 aliphatic heterocycles. The van der Waals surface area contributed by atoms with Crippen LogP contribution >= 0.6 is 0 Å². The summed E-state index contributed by atoms with van der Waals surface area (Å²) in [6.45, 7) is 0. The fourth-order valence-electron chi connectivity index (χ4n) is 2.00. The van der Waals surface area contributed by atoms with Crippen molar-refractivity contribution in [3.05, 3.63) is 66.2 Å². The number of rotatable bonds is 5. The van der Waals surface area contributed by atoms with E-state index in [1.807, 2.05) is 0 Å². The molecular formula is C16H13F5N. The van der Waals surface area contributed by atoms with Crippen LogP contribution in [0.3, 0.4) is 0 Å². The number of hydrogen-bond donors (Lipinski definition) is 1. The average Bonchev–Trinajstić information content (AvgIpc) is 2.47. The summed E-state index contributed by atoms with van der Waals surface area (Å²) in [5.41, 5.74) is 0.579. The van der Waals surface area contributed by atoms with E-state index in [1.165, 1.54) is 36.4 Å². The van der Waals surface area contributed by atoms with Gasteiger partial charge in [0.2, 0.25) is 0 Å². The smallest absolute Gasteiger partial charge is 0.376 e. The summed E-state index contributed by atoms with van der Waals surface area (Å²) in [5.74, 6) is -4.86. The summed E-state index contributed by atoms with van der Waals surface area (Å²) in [4.78, 5) is 0. The van der Waals surface area contributed by atoms with Gasteiger partial charge >= 0.3 is 12.1 Å². The van der Waals surface area contributed by atoms with Crippen molar-refractivity contribution in [3.8, 4) is 0 Å². The summed E-state index contributed by atoms with van der Waals surface area (Å²) >= 11 is 0. The van der Waals surface area contributed by atoms with E-state index in [9.17, 15) is 22.0 Å². The molecule has 6 heteroatoms. The average molecular weight is 314 g/mol. The number of hydrogen-bond acceptors (Lipinski definition) is 1. The van der Waals surface area contributed by atoms with Crippen LogP contribution in [0.15, 0.2) is 54.6 Å². The fraction of sp³-hybridized carbons (Fsp3) is 0.250. The first kappa shape index (κ1) is 16.3. The van der Waals surface area contributed by atoms with Crippen molar-refractivity contribution >= 4 is 5.69 Å². The van der Waals surface area contributed by atoms with E-state index in [-0.39, 0.29) is 5.69 Å². The van der Waals surface area contributed by atoms with Crippen molar-refractivity contribution < 1.29 is 22.0 Å². The zero-order valence-corrected chi connectivity index (χ0v) is 11.4. The van der Waals surface area contributed by atoms with Crippen molar-refractivity contribution in [2.45, 2.75) is 24.6 Å². The van der Waals surface area contributed by atoms with Crippen molar-refractivity contribution in [1.29, 1.82) is 0 Å². The molecule has 0 spiro atoms. The summed E-state index contributed by atoms with van der Waals surface area (Å²) in [5, 5.41) is 2.28. The highest BCUT2D eigenvalue weighted by Crippen LogP contribution is 2.40. The van der Waals surface area contributed by atoms with Gasteiger partial charge < -0.3 is 5.32 Å². The lowest BCUT2D eigenvalue weighted by atomic mass is 9.99. The Hall–Kier alpha value is -2.11. The largest absolute Gasteiger partial charge is 0.455 e. The highest BCUT2D eigenvalue weighted by atomic mass is 19.4. The van der Waals surface area contributed by atoms with Crippen LogP contribution in [-0.2, 0) is 6.42 Å². The van der Waals surface area contributed by atoms with Gasteiger partial charge in [0, 0.05) is 5.69 Å². The Morgan fingerprint density at radius 2 is 1.50 bits per heavy atom. The molecule has 2 aromatic rings. The van der Waals surface area contributed by atoms with Gasteiger partial charge in [0.05, 0.1) is 0 Å². The van der Waals surface area contributed by atoms with E-state index < -0.39 is 24.6 Å². The van der Waals surface area contributed by atoms with Gasteiger partial charge in [-0.1, -0.05) is 42.5 Å². The lowest BCUT2D eigenvalue weighted by Gasteiger charge is -2.30. The summed E-state index contributed by atoms with van der Waals surface area (Å²) in [6, 6.07) is 14.1. The zero-order chi connectivity index (χ0) is 16.2. The first-order chi connectivity index (χ1) is 10.3. The summed E-state index contributed by atoms with van der Waals surface area (Å²) in [6.07, 6.45) is -6.08. The number of anilines is 1. The van der Waals surface area contributed by atoms with Crippen molar-refractivity contribution in [2.75, 3.05) is 5.32 Å². The van der Waals surface area contributed by atoms with Gasteiger partial charge in [-0.25, -0.2) is 0 Å². The molecule has 0 aliphatic carbocycles. The second-order valence-electron chi connectivity index (χ2n) is 4.80. The lowest BCUT2D eigenvalue weighted by Crippen LogP contribution is -2.51. The molecule has 2 aromatic carbocycles. The van der Waals surface area contributed by atoms with E-state index in [0.29, 0.717) is 5.56 Å². The molecule has 0 saturated carbocycles. The normalized spacial score (nSPS) is 13.7. The fourth-order valence-corrected chi connectivity index (χ4v) is 2.00. The van der Waals surface area contributed by atoms with Crippen molar-refractivity contribution in [3.63, 3.8) is 0 Å². The van der Waals surface area contributed by atoms with Crippen LogP contribution < -0.4 is 5.32 Å². The van der Waals surface area contributed by atoms with Crippen LogP contribution in [-0.4, -0.2) is 18.1 Å². The third-order valence-electron chi connectivity index (χ3n) is 3.16. The second kappa shape index (κ2) is 6.34. The second-order valence-corrected chi connectivity index (χ2v) is 4.80. The van der Waals surface area contributed by atoms with Gasteiger partial charge in [-0.2, -0.15) is 22.0 Å². The Balaban J connectivity index is 2.28. The molecule has 0 heterocycles. The maximum atomic E-state index is 13.8. The molecule has 0 aliphatic rings. The summed E-state index contributed by atoms with van der Waals surface area (Å²) in [7, 11) is 0. The molecule has 1 nitrogen and oxygen atoms in total. The SMILES string of the molecule is FC(F)(F)C(F)(F)C(Cc1ccccc1)Nc1cc[c]cc1. The van der Waals surface area contributed by atoms with E-state index in [4.69, 9.17) is 0 Å². The maximum Gasteiger partial charge on any atom is 0.455 e. The third kappa shape index (κ3) is 3.75. The molecule has 0 aromatic heterocycles. The molecule has 22 heavy (non-hydrogen) atoms. The van der Waals surface area contributed by atoms with Crippen molar-refractivity contribution in [1.82, 2.24) is 0 Å². The van der Waals surface area contributed by atoms with Crippen LogP contribution in [0.1, 0.15) is 5.56 Å². The standard InChI is InChI=1S/C16H13F5N/c17-15(18,16(19,20)21)14(11-12-7-3-1-4-8-12)22-13-9-5-2-6-10-13/h1,3-10,14,22H,11H2. The Morgan fingerprint density at radius 1 is 0.909 bits per heavy atom. The predicted molar refractivity (Wildman–Crippen MR) is 73.8 cm³/mol. The minimum Gasteiger partial charge on any atom is -0.376 e. The molecule has 2 rings (SSSR count). The Labute approximate surface area is 124 Å². The first-order valence-corrected chi connectivity index (χ1v) is 6.52. The molecule has 0 saturated heterocycles. The number of benzene rings is 2. The van der Waals surface area contributed by atoms with Crippen LogP contribution in [0.5, 0.6) is 0 Å². The Bertz CT molecular complexity index is 539. The van der Waals surface area contributed by atoms with Crippen LogP contribution in [0.4, 0.5) is 27.6 Å². The van der Waals surface area contributed by atoms with Crippen LogP contribution in [0.25, 0.3) is 0 Å².